The monoisotopic (exact) mass is 338 g/mol. The van der Waals surface area contributed by atoms with Gasteiger partial charge < -0.3 is 10.2 Å². The molecule has 0 bridgehead atoms. The highest BCUT2D eigenvalue weighted by molar-refractivity contribution is 9.10. The molecule has 0 aromatic heterocycles. The fourth-order valence-electron chi connectivity index (χ4n) is 2.63. The van der Waals surface area contributed by atoms with Crippen LogP contribution < -0.4 is 10.2 Å². The standard InChI is InChI=1S/C15H19BrN2O2/c1-4-15(5-2)14(20)18(9-13(19)17-15)12-8-11(16)7-6-10(12)3/h6-8H,4-5,9H2,1-3H3,(H,17,19). The molecule has 0 saturated carbocycles. The van der Waals surface area contributed by atoms with Gasteiger partial charge in [-0.15, -0.1) is 0 Å². The Labute approximate surface area is 127 Å². The van der Waals surface area contributed by atoms with E-state index in [4.69, 9.17) is 0 Å². The lowest BCUT2D eigenvalue weighted by atomic mass is 9.88. The fourth-order valence-corrected chi connectivity index (χ4v) is 2.98. The van der Waals surface area contributed by atoms with Gasteiger partial charge in [-0.05, 0) is 37.5 Å². The second kappa shape index (κ2) is 5.56. The third-order valence-corrected chi connectivity index (χ3v) is 4.50. The van der Waals surface area contributed by atoms with Crippen LogP contribution in [0.3, 0.4) is 0 Å². The largest absolute Gasteiger partial charge is 0.340 e. The van der Waals surface area contributed by atoms with Gasteiger partial charge in [0.2, 0.25) is 5.91 Å². The summed E-state index contributed by atoms with van der Waals surface area (Å²) in [6.07, 6.45) is 1.19. The molecule has 0 radical (unpaired) electrons. The van der Waals surface area contributed by atoms with Crippen molar-refractivity contribution < 1.29 is 9.59 Å². The van der Waals surface area contributed by atoms with Crippen molar-refractivity contribution >= 4 is 33.4 Å². The number of amides is 2. The molecule has 1 heterocycles. The van der Waals surface area contributed by atoms with E-state index in [1.165, 1.54) is 0 Å². The summed E-state index contributed by atoms with van der Waals surface area (Å²) in [6.45, 7) is 5.89. The van der Waals surface area contributed by atoms with Crippen LogP contribution in [0.2, 0.25) is 0 Å². The maximum atomic E-state index is 12.8. The molecule has 1 aromatic carbocycles. The number of nitrogens with one attached hydrogen (secondary N) is 1. The van der Waals surface area contributed by atoms with E-state index in [2.05, 4.69) is 21.2 Å². The number of nitrogens with zero attached hydrogens (tertiary/aromatic N) is 1. The first kappa shape index (κ1) is 15.0. The number of rotatable bonds is 3. The van der Waals surface area contributed by atoms with E-state index >= 15 is 0 Å². The summed E-state index contributed by atoms with van der Waals surface area (Å²) in [5.74, 6) is -0.129. The van der Waals surface area contributed by atoms with E-state index < -0.39 is 5.54 Å². The Balaban J connectivity index is 2.47. The van der Waals surface area contributed by atoms with Crippen molar-refractivity contribution in [2.24, 2.45) is 0 Å². The zero-order valence-electron chi connectivity index (χ0n) is 12.0. The molecule has 1 aromatic rings. The van der Waals surface area contributed by atoms with Crippen molar-refractivity contribution in [2.75, 3.05) is 11.4 Å². The maximum absolute atomic E-state index is 12.8. The first-order valence-corrected chi connectivity index (χ1v) is 7.62. The van der Waals surface area contributed by atoms with Gasteiger partial charge in [0, 0.05) is 10.2 Å². The summed E-state index contributed by atoms with van der Waals surface area (Å²) in [6, 6.07) is 5.76. The van der Waals surface area contributed by atoms with Crippen LogP contribution >= 0.6 is 15.9 Å². The summed E-state index contributed by atoms with van der Waals surface area (Å²) < 4.78 is 0.899. The maximum Gasteiger partial charge on any atom is 0.253 e. The number of hydrogen-bond donors (Lipinski definition) is 1. The number of benzene rings is 1. The van der Waals surface area contributed by atoms with E-state index in [0.717, 1.165) is 15.7 Å². The van der Waals surface area contributed by atoms with Gasteiger partial charge >= 0.3 is 0 Å². The van der Waals surface area contributed by atoms with Gasteiger partial charge in [0.25, 0.3) is 5.91 Å². The number of anilines is 1. The number of piperazine rings is 1. The summed E-state index contributed by atoms with van der Waals surface area (Å²) in [7, 11) is 0. The minimum absolute atomic E-state index is 0.0247. The van der Waals surface area contributed by atoms with Gasteiger partial charge in [-0.1, -0.05) is 35.8 Å². The summed E-state index contributed by atoms with van der Waals surface area (Å²) in [4.78, 5) is 26.4. The Bertz CT molecular complexity index is 553. The second-order valence-corrected chi connectivity index (χ2v) is 6.08. The number of carbonyl (C=O) groups is 2. The van der Waals surface area contributed by atoms with Gasteiger partial charge in [-0.3, -0.25) is 9.59 Å². The molecule has 0 aliphatic carbocycles. The Morgan fingerprint density at radius 3 is 2.55 bits per heavy atom. The van der Waals surface area contributed by atoms with Gasteiger partial charge in [0.15, 0.2) is 0 Å². The predicted octanol–water partition coefficient (Wildman–Crippen LogP) is 2.78. The molecule has 1 saturated heterocycles. The average molecular weight is 339 g/mol. The number of carbonyl (C=O) groups excluding carboxylic acids is 2. The number of halogens is 1. The van der Waals surface area contributed by atoms with Crippen LogP contribution in [0, 0.1) is 6.92 Å². The molecule has 108 valence electrons. The van der Waals surface area contributed by atoms with Crippen molar-refractivity contribution in [2.45, 2.75) is 39.2 Å². The third-order valence-electron chi connectivity index (χ3n) is 4.00. The summed E-state index contributed by atoms with van der Waals surface area (Å²) in [5.41, 5.74) is 1.01. The van der Waals surface area contributed by atoms with E-state index in [1.54, 1.807) is 4.90 Å². The number of aryl methyl sites for hydroxylation is 1. The van der Waals surface area contributed by atoms with E-state index in [1.807, 2.05) is 39.0 Å². The minimum Gasteiger partial charge on any atom is -0.340 e. The van der Waals surface area contributed by atoms with Crippen LogP contribution in [0.1, 0.15) is 32.3 Å². The molecule has 20 heavy (non-hydrogen) atoms. The molecule has 2 rings (SSSR count). The molecule has 2 amide bonds. The lowest BCUT2D eigenvalue weighted by molar-refractivity contribution is -0.136. The van der Waals surface area contributed by atoms with Gasteiger partial charge in [0.05, 0.1) is 0 Å². The highest BCUT2D eigenvalue weighted by Gasteiger charge is 2.44. The van der Waals surface area contributed by atoms with Gasteiger partial charge in [-0.25, -0.2) is 0 Å². The topological polar surface area (TPSA) is 49.4 Å². The fraction of sp³-hybridized carbons (Fsp3) is 0.467. The van der Waals surface area contributed by atoms with Crippen LogP contribution in [-0.2, 0) is 9.59 Å². The Morgan fingerprint density at radius 1 is 1.30 bits per heavy atom. The van der Waals surface area contributed by atoms with E-state index in [9.17, 15) is 9.59 Å². The van der Waals surface area contributed by atoms with Crippen LogP contribution in [0.25, 0.3) is 0 Å². The molecule has 1 aliphatic heterocycles. The van der Waals surface area contributed by atoms with Gasteiger partial charge in [-0.2, -0.15) is 0 Å². The number of hydrogen-bond acceptors (Lipinski definition) is 2. The molecule has 0 unspecified atom stereocenters. The zero-order chi connectivity index (χ0) is 14.9. The quantitative estimate of drug-likeness (QED) is 0.921. The van der Waals surface area contributed by atoms with Crippen molar-refractivity contribution in [1.29, 1.82) is 0 Å². The summed E-state index contributed by atoms with van der Waals surface area (Å²) >= 11 is 3.42. The van der Waals surface area contributed by atoms with Crippen LogP contribution in [0.5, 0.6) is 0 Å². The highest BCUT2D eigenvalue weighted by Crippen LogP contribution is 2.30. The first-order chi connectivity index (χ1) is 9.43. The molecular formula is C15H19BrN2O2. The smallest absolute Gasteiger partial charge is 0.253 e. The Morgan fingerprint density at radius 2 is 1.95 bits per heavy atom. The molecule has 1 fully saturated rings. The van der Waals surface area contributed by atoms with E-state index in [0.29, 0.717) is 12.8 Å². The molecular weight excluding hydrogens is 320 g/mol. The van der Waals surface area contributed by atoms with Crippen molar-refractivity contribution in [3.8, 4) is 0 Å². The average Bonchev–Trinajstić information content (AvgIpc) is 2.44. The Hall–Kier alpha value is -1.36. The highest BCUT2D eigenvalue weighted by atomic mass is 79.9. The molecule has 1 N–H and O–H groups in total. The second-order valence-electron chi connectivity index (χ2n) is 5.16. The van der Waals surface area contributed by atoms with Crippen LogP contribution in [-0.4, -0.2) is 23.9 Å². The minimum atomic E-state index is -0.774. The predicted molar refractivity (Wildman–Crippen MR) is 82.7 cm³/mol. The molecule has 0 atom stereocenters. The van der Waals surface area contributed by atoms with Crippen molar-refractivity contribution in [1.82, 2.24) is 5.32 Å². The first-order valence-electron chi connectivity index (χ1n) is 6.82. The lowest BCUT2D eigenvalue weighted by Gasteiger charge is -2.41. The van der Waals surface area contributed by atoms with Crippen molar-refractivity contribution in [3.05, 3.63) is 28.2 Å². The summed E-state index contributed by atoms with van der Waals surface area (Å²) in [5, 5.41) is 2.87. The Kier molecular flexibility index (Phi) is 4.18. The van der Waals surface area contributed by atoms with Crippen LogP contribution in [0.15, 0.2) is 22.7 Å². The van der Waals surface area contributed by atoms with Crippen molar-refractivity contribution in [3.63, 3.8) is 0 Å². The SMILES string of the molecule is CCC1(CC)NC(=O)CN(c2cc(Br)ccc2C)C1=O. The molecule has 4 nitrogen and oxygen atoms in total. The molecule has 1 aliphatic rings. The normalized spacial score (nSPS) is 18.1. The molecule has 0 spiro atoms. The third kappa shape index (κ3) is 2.46. The van der Waals surface area contributed by atoms with Crippen LogP contribution in [0.4, 0.5) is 5.69 Å². The van der Waals surface area contributed by atoms with Gasteiger partial charge in [0.1, 0.15) is 12.1 Å². The lowest BCUT2D eigenvalue weighted by Crippen LogP contribution is -2.66. The zero-order valence-corrected chi connectivity index (χ0v) is 13.6. The molecule has 5 heteroatoms. The van der Waals surface area contributed by atoms with E-state index in [-0.39, 0.29) is 18.4 Å².